The molecule has 1 rings (SSSR count). The summed E-state index contributed by atoms with van der Waals surface area (Å²) in [4.78, 5) is 10.7. The van der Waals surface area contributed by atoms with Crippen LogP contribution < -0.4 is 0 Å². The molecule has 0 radical (unpaired) electrons. The van der Waals surface area contributed by atoms with Crippen LogP contribution in [0.15, 0.2) is 12.3 Å². The highest BCUT2D eigenvalue weighted by atomic mass is 79.9. The average molecular weight is 207 g/mol. The number of carbonyl (C=O) groups excluding carboxylic acids is 1. The van der Waals surface area contributed by atoms with Crippen molar-refractivity contribution in [3.63, 3.8) is 0 Å². The minimum Gasteiger partial charge on any atom is -0.433 e. The highest BCUT2D eigenvalue weighted by Gasteiger charge is 2.21. The van der Waals surface area contributed by atoms with Crippen molar-refractivity contribution >= 4 is 21.9 Å². The summed E-state index contributed by atoms with van der Waals surface area (Å²) in [5.41, 5.74) is 0. The fourth-order valence-corrected chi connectivity index (χ4v) is 0.805. The van der Waals surface area contributed by atoms with Crippen LogP contribution in [0.4, 0.5) is 0 Å². The van der Waals surface area contributed by atoms with Gasteiger partial charge in [0.25, 0.3) is 0 Å². The van der Waals surface area contributed by atoms with Gasteiger partial charge in [-0.1, -0.05) is 15.9 Å². The SMILES string of the molecule is O=C1OC=CC1OCCBr. The zero-order valence-corrected chi connectivity index (χ0v) is 6.83. The molecule has 0 saturated carbocycles. The lowest BCUT2D eigenvalue weighted by molar-refractivity contribution is -0.144. The van der Waals surface area contributed by atoms with Gasteiger partial charge in [0.05, 0.1) is 12.9 Å². The quantitative estimate of drug-likeness (QED) is 0.508. The molecule has 0 bridgehead atoms. The lowest BCUT2D eigenvalue weighted by Gasteiger charge is -2.03. The lowest BCUT2D eigenvalue weighted by atomic mass is 10.4. The largest absolute Gasteiger partial charge is 0.433 e. The number of esters is 1. The van der Waals surface area contributed by atoms with Crippen LogP contribution in [0.2, 0.25) is 0 Å². The van der Waals surface area contributed by atoms with E-state index in [1.807, 2.05) is 0 Å². The van der Waals surface area contributed by atoms with Crippen molar-refractivity contribution in [1.29, 1.82) is 0 Å². The second-order valence-corrected chi connectivity index (χ2v) is 2.54. The Bertz CT molecular complexity index is 155. The third-order valence-electron chi connectivity index (χ3n) is 1.04. The molecule has 10 heavy (non-hydrogen) atoms. The Morgan fingerprint density at radius 2 is 2.60 bits per heavy atom. The first-order chi connectivity index (χ1) is 4.84. The van der Waals surface area contributed by atoms with Gasteiger partial charge in [-0.3, -0.25) is 0 Å². The number of cyclic esters (lactones) is 1. The summed E-state index contributed by atoms with van der Waals surface area (Å²) in [6.45, 7) is 0.518. The summed E-state index contributed by atoms with van der Waals surface area (Å²) in [5, 5.41) is 0.727. The third kappa shape index (κ3) is 1.82. The molecular formula is C6H7BrO3. The van der Waals surface area contributed by atoms with Crippen LogP contribution >= 0.6 is 15.9 Å². The van der Waals surface area contributed by atoms with Gasteiger partial charge >= 0.3 is 5.97 Å². The van der Waals surface area contributed by atoms with Crippen LogP contribution in [0.25, 0.3) is 0 Å². The highest BCUT2D eigenvalue weighted by Crippen LogP contribution is 2.05. The lowest BCUT2D eigenvalue weighted by Crippen LogP contribution is -2.19. The Hall–Kier alpha value is -0.350. The number of halogens is 1. The third-order valence-corrected chi connectivity index (χ3v) is 1.37. The molecule has 0 aromatic heterocycles. The number of hydrogen-bond donors (Lipinski definition) is 0. The smallest absolute Gasteiger partial charge is 0.344 e. The molecule has 0 fully saturated rings. The first-order valence-corrected chi connectivity index (χ1v) is 4.01. The Morgan fingerprint density at radius 3 is 3.10 bits per heavy atom. The maximum absolute atomic E-state index is 10.7. The summed E-state index contributed by atoms with van der Waals surface area (Å²) in [6.07, 6.45) is 2.45. The minimum atomic E-state index is -0.488. The maximum Gasteiger partial charge on any atom is 0.344 e. The van der Waals surface area contributed by atoms with Crippen molar-refractivity contribution in [3.8, 4) is 0 Å². The zero-order chi connectivity index (χ0) is 7.40. The van der Waals surface area contributed by atoms with Crippen LogP contribution in [0.5, 0.6) is 0 Å². The molecule has 3 nitrogen and oxygen atoms in total. The number of carbonyl (C=O) groups is 1. The van der Waals surface area contributed by atoms with Gasteiger partial charge in [-0.25, -0.2) is 4.79 Å². The standard InChI is InChI=1S/C6H7BrO3/c7-2-4-9-5-1-3-10-6(5)8/h1,3,5H,2,4H2. The van der Waals surface area contributed by atoms with Crippen molar-refractivity contribution in [2.75, 3.05) is 11.9 Å². The van der Waals surface area contributed by atoms with E-state index < -0.39 is 6.10 Å². The number of hydrogen-bond acceptors (Lipinski definition) is 3. The molecule has 1 unspecified atom stereocenters. The van der Waals surface area contributed by atoms with Crippen molar-refractivity contribution < 1.29 is 14.3 Å². The first kappa shape index (κ1) is 7.75. The van der Waals surface area contributed by atoms with E-state index in [0.717, 1.165) is 5.33 Å². The van der Waals surface area contributed by atoms with E-state index in [2.05, 4.69) is 20.7 Å². The summed E-state index contributed by atoms with van der Waals surface area (Å²) in [7, 11) is 0. The van der Waals surface area contributed by atoms with Gasteiger partial charge in [0.1, 0.15) is 0 Å². The van der Waals surface area contributed by atoms with E-state index in [1.54, 1.807) is 6.08 Å². The molecule has 0 aliphatic carbocycles. The Labute approximate surface area is 67.1 Å². The van der Waals surface area contributed by atoms with Crippen LogP contribution in [-0.2, 0) is 14.3 Å². The van der Waals surface area contributed by atoms with E-state index >= 15 is 0 Å². The second kappa shape index (κ2) is 3.73. The van der Waals surface area contributed by atoms with Crippen LogP contribution in [-0.4, -0.2) is 24.0 Å². The zero-order valence-electron chi connectivity index (χ0n) is 5.25. The Morgan fingerprint density at radius 1 is 1.80 bits per heavy atom. The Balaban J connectivity index is 2.27. The number of ether oxygens (including phenoxy) is 2. The van der Waals surface area contributed by atoms with Gasteiger partial charge in [-0.15, -0.1) is 0 Å². The van der Waals surface area contributed by atoms with E-state index in [-0.39, 0.29) is 5.97 Å². The van der Waals surface area contributed by atoms with Crippen molar-refractivity contribution in [2.45, 2.75) is 6.10 Å². The minimum absolute atomic E-state index is 0.332. The molecular weight excluding hydrogens is 200 g/mol. The van der Waals surface area contributed by atoms with E-state index in [4.69, 9.17) is 4.74 Å². The van der Waals surface area contributed by atoms with Gasteiger partial charge in [0, 0.05) is 5.33 Å². The molecule has 0 saturated heterocycles. The molecule has 0 spiro atoms. The number of alkyl halides is 1. The average Bonchev–Trinajstić information content (AvgIpc) is 2.31. The normalized spacial score (nSPS) is 23.3. The topological polar surface area (TPSA) is 35.5 Å². The molecule has 1 aliphatic rings. The second-order valence-electron chi connectivity index (χ2n) is 1.75. The molecule has 0 aromatic carbocycles. The maximum atomic E-state index is 10.7. The van der Waals surface area contributed by atoms with Crippen LogP contribution in [0.3, 0.4) is 0 Å². The fraction of sp³-hybridized carbons (Fsp3) is 0.500. The van der Waals surface area contributed by atoms with Gasteiger partial charge in [0.15, 0.2) is 6.10 Å². The summed E-state index contributed by atoms with van der Waals surface area (Å²) < 4.78 is 9.56. The summed E-state index contributed by atoms with van der Waals surface area (Å²) in [6, 6.07) is 0. The van der Waals surface area contributed by atoms with E-state index in [9.17, 15) is 4.79 Å². The van der Waals surface area contributed by atoms with Gasteiger partial charge in [-0.2, -0.15) is 0 Å². The van der Waals surface area contributed by atoms with E-state index in [1.165, 1.54) is 6.26 Å². The van der Waals surface area contributed by atoms with Crippen molar-refractivity contribution in [2.24, 2.45) is 0 Å². The summed E-state index contributed by atoms with van der Waals surface area (Å²) >= 11 is 3.18. The number of rotatable bonds is 3. The van der Waals surface area contributed by atoms with Crippen molar-refractivity contribution in [3.05, 3.63) is 12.3 Å². The molecule has 1 atom stereocenters. The van der Waals surface area contributed by atoms with Gasteiger partial charge < -0.3 is 9.47 Å². The van der Waals surface area contributed by atoms with Crippen molar-refractivity contribution in [1.82, 2.24) is 0 Å². The molecule has 4 heteroatoms. The molecule has 0 aromatic rings. The molecule has 0 amide bonds. The predicted octanol–water partition coefficient (Wildman–Crippen LogP) is 0.837. The monoisotopic (exact) mass is 206 g/mol. The predicted molar refractivity (Wildman–Crippen MR) is 38.8 cm³/mol. The highest BCUT2D eigenvalue weighted by molar-refractivity contribution is 9.09. The van der Waals surface area contributed by atoms with E-state index in [0.29, 0.717) is 6.61 Å². The van der Waals surface area contributed by atoms with Crippen LogP contribution in [0.1, 0.15) is 0 Å². The van der Waals surface area contributed by atoms with Gasteiger partial charge in [-0.05, 0) is 6.08 Å². The molecule has 56 valence electrons. The molecule has 1 aliphatic heterocycles. The molecule has 1 heterocycles. The Kier molecular flexibility index (Phi) is 2.89. The first-order valence-electron chi connectivity index (χ1n) is 2.89. The van der Waals surface area contributed by atoms with Crippen LogP contribution in [0, 0.1) is 0 Å². The summed E-state index contributed by atoms with van der Waals surface area (Å²) in [5.74, 6) is -0.332. The fourth-order valence-electron chi connectivity index (χ4n) is 0.618. The molecule has 0 N–H and O–H groups in total. The van der Waals surface area contributed by atoms with Gasteiger partial charge in [0.2, 0.25) is 0 Å².